The first kappa shape index (κ1) is 23.3. The Kier molecular flexibility index (Phi) is 6.66. The quantitative estimate of drug-likeness (QED) is 0.179. The fourth-order valence-corrected chi connectivity index (χ4v) is 3.66. The summed E-state index contributed by atoms with van der Waals surface area (Å²) in [4.78, 5) is 12.4. The number of rotatable bonds is 10. The number of halogens is 2. The van der Waals surface area contributed by atoms with Crippen LogP contribution in [0.4, 0.5) is 8.78 Å². The third-order valence-electron chi connectivity index (χ3n) is 5.81. The third-order valence-corrected chi connectivity index (χ3v) is 5.81. The van der Waals surface area contributed by atoms with E-state index in [4.69, 9.17) is 23.7 Å². The second-order valence-electron chi connectivity index (χ2n) is 8.60. The van der Waals surface area contributed by atoms with E-state index >= 15 is 0 Å². The first-order valence-corrected chi connectivity index (χ1v) is 11.3. The zero-order valence-electron chi connectivity index (χ0n) is 19.1. The summed E-state index contributed by atoms with van der Waals surface area (Å²) in [5.41, 5.74) is 1.93. The zero-order valence-corrected chi connectivity index (χ0v) is 19.1. The zero-order chi connectivity index (χ0) is 24.4. The van der Waals surface area contributed by atoms with Crippen molar-refractivity contribution in [2.45, 2.75) is 32.0 Å². The Bertz CT molecular complexity index is 1240. The van der Waals surface area contributed by atoms with Gasteiger partial charge in [0.25, 0.3) is 0 Å². The summed E-state index contributed by atoms with van der Waals surface area (Å²) in [5.74, 6) is -0.283. The predicted molar refractivity (Wildman–Crippen MR) is 122 cm³/mol. The summed E-state index contributed by atoms with van der Waals surface area (Å²) in [6.07, 6.45) is 1.21. The Morgan fingerprint density at radius 2 is 1.49 bits per heavy atom. The predicted octanol–water partition coefficient (Wildman–Crippen LogP) is 4.79. The van der Waals surface area contributed by atoms with Crippen LogP contribution in [0.25, 0.3) is 0 Å². The Hall–Kier alpha value is -3.49. The van der Waals surface area contributed by atoms with Crippen molar-refractivity contribution in [1.29, 1.82) is 0 Å². The minimum absolute atomic E-state index is 0.0608. The van der Waals surface area contributed by atoms with Crippen LogP contribution in [0.1, 0.15) is 27.0 Å². The van der Waals surface area contributed by atoms with E-state index in [0.29, 0.717) is 60.0 Å². The number of epoxide rings is 2. The van der Waals surface area contributed by atoms with Crippen LogP contribution in [0.5, 0.6) is 17.2 Å². The first-order valence-electron chi connectivity index (χ1n) is 11.3. The third kappa shape index (κ3) is 6.15. The van der Waals surface area contributed by atoms with Crippen molar-refractivity contribution in [2.75, 3.05) is 20.0 Å². The van der Waals surface area contributed by atoms with E-state index in [2.05, 4.69) is 0 Å². The number of hydrogen-bond acceptors (Lipinski definition) is 6. The molecule has 0 saturated carbocycles. The fraction of sp³-hybridized carbons (Fsp3) is 0.296. The van der Waals surface area contributed by atoms with Crippen LogP contribution in [-0.4, -0.2) is 38.2 Å². The van der Waals surface area contributed by atoms with E-state index in [-0.39, 0.29) is 30.4 Å². The Morgan fingerprint density at radius 3 is 2.09 bits per heavy atom. The van der Waals surface area contributed by atoms with Gasteiger partial charge in [0, 0.05) is 18.9 Å². The Balaban J connectivity index is 1.14. The Morgan fingerprint density at radius 1 is 0.857 bits per heavy atom. The molecule has 2 aliphatic heterocycles. The maximum absolute atomic E-state index is 14.3. The molecular formula is C27H24F2O6. The molecule has 2 unspecified atom stereocenters. The van der Waals surface area contributed by atoms with E-state index in [1.807, 2.05) is 0 Å². The van der Waals surface area contributed by atoms with Gasteiger partial charge in [-0.25, -0.2) is 13.6 Å². The number of aryl methyl sites for hydroxylation is 1. The number of carbonyl (C=O) groups is 1. The van der Waals surface area contributed by atoms with Crippen molar-refractivity contribution in [3.8, 4) is 17.2 Å². The van der Waals surface area contributed by atoms with Crippen LogP contribution in [0.2, 0.25) is 0 Å². The van der Waals surface area contributed by atoms with Gasteiger partial charge in [0.2, 0.25) is 6.79 Å². The maximum atomic E-state index is 14.3. The summed E-state index contributed by atoms with van der Waals surface area (Å²) in [6.45, 7) is 2.97. The molecule has 0 aromatic heterocycles. The first-order chi connectivity index (χ1) is 16.9. The van der Waals surface area contributed by atoms with Crippen LogP contribution in [0.15, 0.2) is 54.6 Å². The SMILES string of the molecule is Cc1cc(OC(=O)c2ccc(CC3CO3)c(F)c2)ccc1OCOc1ccc(CC2CO2)c(F)c1. The second kappa shape index (κ2) is 10.0. The number of hydrogen-bond donors (Lipinski definition) is 0. The molecule has 2 aliphatic rings. The maximum Gasteiger partial charge on any atom is 0.343 e. The molecule has 0 bridgehead atoms. The van der Waals surface area contributed by atoms with Crippen LogP contribution in [0.3, 0.4) is 0 Å². The molecule has 0 aliphatic carbocycles. The van der Waals surface area contributed by atoms with E-state index in [9.17, 15) is 13.6 Å². The monoisotopic (exact) mass is 482 g/mol. The number of carbonyl (C=O) groups excluding carboxylic acids is 1. The highest BCUT2D eigenvalue weighted by Gasteiger charge is 2.25. The molecule has 3 aromatic rings. The van der Waals surface area contributed by atoms with Gasteiger partial charge in [-0.15, -0.1) is 0 Å². The largest absolute Gasteiger partial charge is 0.457 e. The molecule has 0 N–H and O–H groups in total. The lowest BCUT2D eigenvalue weighted by molar-refractivity contribution is 0.0733. The molecule has 6 nitrogen and oxygen atoms in total. The molecule has 2 fully saturated rings. The van der Waals surface area contributed by atoms with Crippen LogP contribution < -0.4 is 14.2 Å². The molecule has 35 heavy (non-hydrogen) atoms. The topological polar surface area (TPSA) is 69.8 Å². The van der Waals surface area contributed by atoms with E-state index in [0.717, 1.165) is 0 Å². The second-order valence-corrected chi connectivity index (χ2v) is 8.60. The van der Waals surface area contributed by atoms with E-state index < -0.39 is 11.8 Å². The molecule has 2 heterocycles. The number of esters is 1. The molecule has 0 amide bonds. The highest BCUT2D eigenvalue weighted by Crippen LogP contribution is 2.26. The molecule has 8 heteroatoms. The van der Waals surface area contributed by atoms with Crippen molar-refractivity contribution >= 4 is 5.97 Å². The van der Waals surface area contributed by atoms with E-state index in [1.54, 1.807) is 49.4 Å². The molecule has 0 spiro atoms. The van der Waals surface area contributed by atoms with Crippen molar-refractivity contribution in [2.24, 2.45) is 0 Å². The smallest absolute Gasteiger partial charge is 0.343 e. The number of ether oxygens (including phenoxy) is 5. The van der Waals surface area contributed by atoms with Gasteiger partial charge < -0.3 is 23.7 Å². The van der Waals surface area contributed by atoms with Crippen LogP contribution in [0, 0.1) is 18.6 Å². The fourth-order valence-electron chi connectivity index (χ4n) is 3.66. The summed E-state index contributed by atoms with van der Waals surface area (Å²) >= 11 is 0. The van der Waals surface area contributed by atoms with Gasteiger partial charge in [-0.3, -0.25) is 0 Å². The van der Waals surface area contributed by atoms with Crippen LogP contribution >= 0.6 is 0 Å². The highest BCUT2D eigenvalue weighted by molar-refractivity contribution is 5.91. The van der Waals surface area contributed by atoms with Gasteiger partial charge in [-0.2, -0.15) is 0 Å². The summed E-state index contributed by atoms with van der Waals surface area (Å²) in [6, 6.07) is 13.8. The average molecular weight is 482 g/mol. The summed E-state index contributed by atoms with van der Waals surface area (Å²) in [5, 5.41) is 0. The lowest BCUT2D eigenvalue weighted by atomic mass is 10.1. The highest BCUT2D eigenvalue weighted by atomic mass is 19.1. The minimum Gasteiger partial charge on any atom is -0.457 e. The molecular weight excluding hydrogens is 458 g/mol. The van der Waals surface area contributed by atoms with Crippen molar-refractivity contribution < 1.29 is 37.3 Å². The normalized spacial score (nSPS) is 18.1. The Labute approximate surface area is 201 Å². The van der Waals surface area contributed by atoms with Crippen molar-refractivity contribution in [3.05, 3.63) is 88.5 Å². The molecule has 2 atom stereocenters. The molecule has 182 valence electrons. The van der Waals surface area contributed by atoms with Gasteiger partial charge in [0.15, 0.2) is 0 Å². The van der Waals surface area contributed by atoms with Gasteiger partial charge >= 0.3 is 5.97 Å². The van der Waals surface area contributed by atoms with Crippen molar-refractivity contribution in [1.82, 2.24) is 0 Å². The lowest BCUT2D eigenvalue weighted by Crippen LogP contribution is -2.10. The van der Waals surface area contributed by atoms with Gasteiger partial charge in [-0.05, 0) is 60.0 Å². The molecule has 2 saturated heterocycles. The van der Waals surface area contributed by atoms with Crippen LogP contribution in [-0.2, 0) is 22.3 Å². The average Bonchev–Trinajstić information content (AvgIpc) is 3.75. The van der Waals surface area contributed by atoms with Crippen molar-refractivity contribution in [3.63, 3.8) is 0 Å². The lowest BCUT2D eigenvalue weighted by Gasteiger charge is -2.13. The van der Waals surface area contributed by atoms with Gasteiger partial charge in [0.05, 0.1) is 31.0 Å². The van der Waals surface area contributed by atoms with Gasteiger partial charge in [-0.1, -0.05) is 12.1 Å². The minimum atomic E-state index is -0.659. The standard InChI is InChI=1S/C27H24F2O6/c1-16-8-21(35-27(30)19-3-2-17(24(28)11-19)9-22-13-31-22)6-7-26(16)34-15-33-20-5-4-18(25(29)12-20)10-23-14-32-23/h2-8,11-12,22-23H,9-10,13-15H2,1H3. The molecule has 3 aromatic carbocycles. The van der Waals surface area contributed by atoms with E-state index in [1.165, 1.54) is 12.1 Å². The summed E-state index contributed by atoms with van der Waals surface area (Å²) < 4.78 is 55.2. The molecule has 5 rings (SSSR count). The molecule has 0 radical (unpaired) electrons. The summed E-state index contributed by atoms with van der Waals surface area (Å²) in [7, 11) is 0. The number of benzene rings is 3. The van der Waals surface area contributed by atoms with Gasteiger partial charge in [0.1, 0.15) is 28.9 Å².